The van der Waals surface area contributed by atoms with Crippen LogP contribution in [-0.4, -0.2) is 15.3 Å². The smallest absolute Gasteiger partial charge is 0.244 e. The Morgan fingerprint density at radius 1 is 1.35 bits per heavy atom. The fourth-order valence-electron chi connectivity index (χ4n) is 1.83. The maximum atomic E-state index is 11.7. The number of benzene rings is 1. The van der Waals surface area contributed by atoms with E-state index in [4.69, 9.17) is 0 Å². The SMILES string of the molecule is O=C(/C=C/c1ccccc1)NCc1cn2ccsc2n1. The first-order valence-corrected chi connectivity index (χ1v) is 7.11. The minimum atomic E-state index is -0.120. The number of hydrogen-bond acceptors (Lipinski definition) is 3. The van der Waals surface area contributed by atoms with E-state index in [9.17, 15) is 4.79 Å². The Morgan fingerprint density at radius 3 is 3.00 bits per heavy atom. The van der Waals surface area contributed by atoms with E-state index in [1.54, 1.807) is 17.4 Å². The van der Waals surface area contributed by atoms with Crippen molar-refractivity contribution in [3.63, 3.8) is 0 Å². The molecule has 1 N–H and O–H groups in total. The van der Waals surface area contributed by atoms with E-state index in [0.29, 0.717) is 6.54 Å². The van der Waals surface area contributed by atoms with Gasteiger partial charge in [0.2, 0.25) is 5.91 Å². The molecule has 20 heavy (non-hydrogen) atoms. The third kappa shape index (κ3) is 2.95. The summed E-state index contributed by atoms with van der Waals surface area (Å²) in [4.78, 5) is 17.1. The highest BCUT2D eigenvalue weighted by atomic mass is 32.1. The highest BCUT2D eigenvalue weighted by molar-refractivity contribution is 7.15. The lowest BCUT2D eigenvalue weighted by atomic mass is 10.2. The van der Waals surface area contributed by atoms with Crippen LogP contribution >= 0.6 is 11.3 Å². The number of nitrogens with zero attached hydrogens (tertiary/aromatic N) is 2. The Kier molecular flexibility index (Phi) is 3.60. The molecule has 0 saturated carbocycles. The topological polar surface area (TPSA) is 46.4 Å². The van der Waals surface area contributed by atoms with Crippen molar-refractivity contribution in [1.29, 1.82) is 0 Å². The normalized spacial score (nSPS) is 11.2. The van der Waals surface area contributed by atoms with E-state index >= 15 is 0 Å². The second kappa shape index (κ2) is 5.71. The molecule has 0 fully saturated rings. The Bertz CT molecular complexity index is 714. The molecule has 0 radical (unpaired) electrons. The molecular weight excluding hydrogens is 270 g/mol. The Hall–Kier alpha value is -2.40. The molecule has 0 unspecified atom stereocenters. The van der Waals surface area contributed by atoms with Crippen molar-refractivity contribution in [3.8, 4) is 0 Å². The number of hydrogen-bond donors (Lipinski definition) is 1. The lowest BCUT2D eigenvalue weighted by molar-refractivity contribution is -0.116. The first-order valence-electron chi connectivity index (χ1n) is 6.23. The maximum absolute atomic E-state index is 11.7. The van der Waals surface area contributed by atoms with Gasteiger partial charge in [-0.15, -0.1) is 11.3 Å². The van der Waals surface area contributed by atoms with Crippen molar-refractivity contribution in [1.82, 2.24) is 14.7 Å². The zero-order chi connectivity index (χ0) is 13.8. The molecule has 0 aliphatic carbocycles. The van der Waals surface area contributed by atoms with Crippen molar-refractivity contribution in [2.45, 2.75) is 6.54 Å². The first-order chi connectivity index (χ1) is 9.81. The van der Waals surface area contributed by atoms with Crippen molar-refractivity contribution in [2.75, 3.05) is 0 Å². The molecule has 3 rings (SSSR count). The van der Waals surface area contributed by atoms with E-state index < -0.39 is 0 Å². The summed E-state index contributed by atoms with van der Waals surface area (Å²) in [5, 5.41) is 4.80. The minimum Gasteiger partial charge on any atom is -0.347 e. The van der Waals surface area contributed by atoms with Crippen LogP contribution in [0.2, 0.25) is 0 Å². The molecule has 0 aliphatic heterocycles. The predicted octanol–water partition coefficient (Wildman–Crippen LogP) is 2.73. The van der Waals surface area contributed by atoms with Gasteiger partial charge in [-0.25, -0.2) is 4.98 Å². The predicted molar refractivity (Wildman–Crippen MR) is 80.4 cm³/mol. The van der Waals surface area contributed by atoms with E-state index in [-0.39, 0.29) is 5.91 Å². The molecule has 0 aliphatic rings. The molecule has 5 heteroatoms. The average Bonchev–Trinajstić information content (AvgIpc) is 3.05. The van der Waals surface area contributed by atoms with Gasteiger partial charge in [-0.3, -0.25) is 9.20 Å². The van der Waals surface area contributed by atoms with Gasteiger partial charge >= 0.3 is 0 Å². The van der Waals surface area contributed by atoms with E-state index in [2.05, 4.69) is 10.3 Å². The summed E-state index contributed by atoms with van der Waals surface area (Å²) in [7, 11) is 0. The Balaban J connectivity index is 1.57. The molecule has 0 saturated heterocycles. The lowest BCUT2D eigenvalue weighted by Crippen LogP contribution is -2.20. The van der Waals surface area contributed by atoms with Crippen LogP contribution in [0.5, 0.6) is 0 Å². The zero-order valence-corrected chi connectivity index (χ0v) is 11.5. The molecule has 100 valence electrons. The van der Waals surface area contributed by atoms with E-state index in [0.717, 1.165) is 16.2 Å². The van der Waals surface area contributed by atoms with Crippen LogP contribution in [0.3, 0.4) is 0 Å². The van der Waals surface area contributed by atoms with Crippen molar-refractivity contribution < 1.29 is 4.79 Å². The summed E-state index contributed by atoms with van der Waals surface area (Å²) in [6.45, 7) is 0.437. The first kappa shape index (κ1) is 12.6. The van der Waals surface area contributed by atoms with Crippen LogP contribution in [0.15, 0.2) is 54.2 Å². The third-order valence-electron chi connectivity index (χ3n) is 2.81. The number of aromatic nitrogens is 2. The van der Waals surface area contributed by atoms with Crippen LogP contribution in [0.4, 0.5) is 0 Å². The molecule has 2 aromatic heterocycles. The zero-order valence-electron chi connectivity index (χ0n) is 10.7. The molecule has 1 amide bonds. The fraction of sp³-hybridized carbons (Fsp3) is 0.0667. The number of thiazole rings is 1. The summed E-state index contributed by atoms with van der Waals surface area (Å²) in [5.74, 6) is -0.120. The number of carbonyl (C=O) groups excluding carboxylic acids is 1. The number of rotatable bonds is 4. The van der Waals surface area contributed by atoms with Crippen LogP contribution in [0, 0.1) is 0 Å². The van der Waals surface area contributed by atoms with Crippen LogP contribution in [-0.2, 0) is 11.3 Å². The standard InChI is InChI=1S/C15H13N3OS/c19-14(7-6-12-4-2-1-3-5-12)16-10-13-11-18-8-9-20-15(18)17-13/h1-9,11H,10H2,(H,16,19)/b7-6+. The van der Waals surface area contributed by atoms with Gasteiger partial charge in [-0.1, -0.05) is 30.3 Å². The van der Waals surface area contributed by atoms with Crippen LogP contribution in [0.25, 0.3) is 11.0 Å². The summed E-state index contributed by atoms with van der Waals surface area (Å²) < 4.78 is 1.95. The van der Waals surface area contributed by atoms with Crippen molar-refractivity contribution >= 4 is 28.3 Å². The fourth-order valence-corrected chi connectivity index (χ4v) is 2.55. The molecule has 0 atom stereocenters. The molecule has 4 nitrogen and oxygen atoms in total. The van der Waals surface area contributed by atoms with Crippen molar-refractivity contribution in [2.24, 2.45) is 0 Å². The van der Waals surface area contributed by atoms with Gasteiger partial charge in [0, 0.05) is 23.8 Å². The quantitative estimate of drug-likeness (QED) is 0.748. The summed E-state index contributed by atoms with van der Waals surface area (Å²) in [5.41, 5.74) is 1.86. The summed E-state index contributed by atoms with van der Waals surface area (Å²) in [6, 6.07) is 9.73. The highest BCUT2D eigenvalue weighted by Gasteiger charge is 2.03. The van der Waals surface area contributed by atoms with Gasteiger partial charge in [-0.05, 0) is 11.6 Å². The maximum Gasteiger partial charge on any atom is 0.244 e. The second-order valence-corrected chi connectivity index (χ2v) is 5.16. The molecule has 1 aromatic carbocycles. The molecule has 3 aromatic rings. The van der Waals surface area contributed by atoms with Crippen LogP contribution < -0.4 is 5.32 Å². The number of carbonyl (C=O) groups is 1. The summed E-state index contributed by atoms with van der Waals surface area (Å²) in [6.07, 6.45) is 7.20. The molecule has 2 heterocycles. The van der Waals surface area contributed by atoms with Crippen molar-refractivity contribution in [3.05, 3.63) is 65.4 Å². The van der Waals surface area contributed by atoms with E-state index in [1.165, 1.54) is 6.08 Å². The second-order valence-electron chi connectivity index (χ2n) is 4.29. The molecule has 0 bridgehead atoms. The number of amides is 1. The van der Waals surface area contributed by atoms with Gasteiger partial charge in [-0.2, -0.15) is 0 Å². The largest absolute Gasteiger partial charge is 0.347 e. The molecular formula is C15H13N3OS. The number of imidazole rings is 1. The monoisotopic (exact) mass is 283 g/mol. The lowest BCUT2D eigenvalue weighted by Gasteiger charge is -1.98. The van der Waals surface area contributed by atoms with Gasteiger partial charge in [0.05, 0.1) is 12.2 Å². The third-order valence-corrected chi connectivity index (χ3v) is 3.58. The highest BCUT2D eigenvalue weighted by Crippen LogP contribution is 2.11. The summed E-state index contributed by atoms with van der Waals surface area (Å²) >= 11 is 1.58. The van der Waals surface area contributed by atoms with Gasteiger partial charge < -0.3 is 5.32 Å². The number of fused-ring (bicyclic) bond motifs is 1. The average molecular weight is 283 g/mol. The van der Waals surface area contributed by atoms with Gasteiger partial charge in [0.25, 0.3) is 0 Å². The van der Waals surface area contributed by atoms with Crippen LogP contribution in [0.1, 0.15) is 11.3 Å². The van der Waals surface area contributed by atoms with E-state index in [1.807, 2.05) is 52.5 Å². The van der Waals surface area contributed by atoms with Gasteiger partial charge in [0.1, 0.15) is 0 Å². The van der Waals surface area contributed by atoms with Gasteiger partial charge in [0.15, 0.2) is 4.96 Å². The number of nitrogens with one attached hydrogen (secondary N) is 1. The Morgan fingerprint density at radius 2 is 2.20 bits per heavy atom. The Labute approximate surface area is 120 Å². The minimum absolute atomic E-state index is 0.120. The molecule has 0 spiro atoms.